The normalized spacial score (nSPS) is 18.3. The lowest BCUT2D eigenvalue weighted by Gasteiger charge is -2.45. The van der Waals surface area contributed by atoms with Crippen LogP contribution in [0.1, 0.15) is 24.3 Å². The van der Waals surface area contributed by atoms with Gasteiger partial charge in [0, 0.05) is 25.1 Å². The fourth-order valence-electron chi connectivity index (χ4n) is 3.99. The molecule has 0 spiro atoms. The maximum atomic E-state index is 9.46. The van der Waals surface area contributed by atoms with Gasteiger partial charge in [-0.15, -0.1) is 10.2 Å². The summed E-state index contributed by atoms with van der Waals surface area (Å²) in [6, 6.07) is 7.88. The molecule has 5 rings (SSSR count). The predicted octanol–water partition coefficient (Wildman–Crippen LogP) is 1.81. The largest absolute Gasteiger partial charge is 0.423 e. The number of ether oxygens (including phenoxy) is 1. The van der Waals surface area contributed by atoms with Crippen molar-refractivity contribution in [3.8, 4) is 11.4 Å². The fraction of sp³-hybridized carbons (Fsp3) is 0.429. The third kappa shape index (κ3) is 3.50. The molecule has 9 heteroatoms. The number of aryl methyl sites for hydroxylation is 1. The summed E-state index contributed by atoms with van der Waals surface area (Å²) in [4.78, 5) is 14.0. The second kappa shape index (κ2) is 8.00. The maximum Gasteiger partial charge on any atom is 0.235 e. The van der Waals surface area contributed by atoms with E-state index in [0.29, 0.717) is 43.8 Å². The third-order valence-corrected chi connectivity index (χ3v) is 5.53. The van der Waals surface area contributed by atoms with Gasteiger partial charge in [0.05, 0.1) is 44.3 Å². The van der Waals surface area contributed by atoms with E-state index in [2.05, 4.69) is 25.0 Å². The van der Waals surface area contributed by atoms with E-state index in [4.69, 9.17) is 14.1 Å². The molecule has 1 N–H and O–H groups in total. The highest BCUT2D eigenvalue weighted by molar-refractivity contribution is 5.72. The van der Waals surface area contributed by atoms with Crippen molar-refractivity contribution >= 4 is 11.5 Å². The van der Waals surface area contributed by atoms with Crippen molar-refractivity contribution < 1.29 is 14.3 Å². The molecular formula is C21H24N6O3. The number of fused-ring (bicyclic) bond motifs is 3. The molecule has 0 amide bonds. The Hall–Kier alpha value is -3.04. The van der Waals surface area contributed by atoms with E-state index >= 15 is 0 Å². The van der Waals surface area contributed by atoms with E-state index in [1.54, 1.807) is 0 Å². The highest BCUT2D eigenvalue weighted by Crippen LogP contribution is 2.36. The summed E-state index contributed by atoms with van der Waals surface area (Å²) >= 11 is 0. The van der Waals surface area contributed by atoms with Crippen LogP contribution in [0.15, 0.2) is 34.9 Å². The molecule has 2 aromatic heterocycles. The zero-order valence-corrected chi connectivity index (χ0v) is 16.9. The molecule has 0 radical (unpaired) electrons. The lowest BCUT2D eigenvalue weighted by Crippen LogP contribution is -2.55. The van der Waals surface area contributed by atoms with Crippen LogP contribution < -0.4 is 9.80 Å². The summed E-state index contributed by atoms with van der Waals surface area (Å²) in [5.41, 5.74) is 2.67. The first kappa shape index (κ1) is 19.0. The van der Waals surface area contributed by atoms with E-state index in [9.17, 15) is 5.11 Å². The molecule has 1 fully saturated rings. The smallest absolute Gasteiger partial charge is 0.235 e. The van der Waals surface area contributed by atoms with Gasteiger partial charge >= 0.3 is 0 Å². The molecule has 0 aliphatic carbocycles. The molecule has 4 heterocycles. The summed E-state index contributed by atoms with van der Waals surface area (Å²) in [6.07, 6.45) is 2.58. The van der Waals surface area contributed by atoms with Gasteiger partial charge in [-0.2, -0.15) is 0 Å². The van der Waals surface area contributed by atoms with E-state index in [1.807, 2.05) is 37.4 Å². The molecule has 2 aliphatic heterocycles. The van der Waals surface area contributed by atoms with Gasteiger partial charge in [0.1, 0.15) is 0 Å². The Morgan fingerprint density at radius 1 is 1.23 bits per heavy atom. The van der Waals surface area contributed by atoms with Gasteiger partial charge in [-0.25, -0.2) is 9.97 Å². The third-order valence-electron chi connectivity index (χ3n) is 5.53. The van der Waals surface area contributed by atoms with Crippen LogP contribution in [0, 0.1) is 0 Å². The quantitative estimate of drug-likeness (QED) is 0.677. The number of aliphatic hydroxyl groups is 1. The zero-order valence-electron chi connectivity index (χ0n) is 16.9. The molecule has 3 aromatic rings. The first-order valence-corrected chi connectivity index (χ1v) is 10.2. The van der Waals surface area contributed by atoms with Crippen molar-refractivity contribution in [2.75, 3.05) is 36.1 Å². The average Bonchev–Trinajstić information content (AvgIpc) is 3.26. The van der Waals surface area contributed by atoms with Crippen LogP contribution in [-0.2, 0) is 24.3 Å². The summed E-state index contributed by atoms with van der Waals surface area (Å²) in [6.45, 7) is 5.39. The minimum atomic E-state index is -0.0119. The van der Waals surface area contributed by atoms with Crippen LogP contribution in [0.2, 0.25) is 0 Å². The van der Waals surface area contributed by atoms with Crippen molar-refractivity contribution in [1.29, 1.82) is 0 Å². The summed E-state index contributed by atoms with van der Waals surface area (Å²) in [5.74, 6) is 2.76. The number of aliphatic hydroxyl groups excluding tert-OH is 1. The van der Waals surface area contributed by atoms with Crippen molar-refractivity contribution in [3.63, 3.8) is 0 Å². The number of hydrogen-bond donors (Lipinski definition) is 1. The molecule has 9 nitrogen and oxygen atoms in total. The number of benzene rings is 1. The first-order chi connectivity index (χ1) is 14.7. The van der Waals surface area contributed by atoms with Gasteiger partial charge in [0.15, 0.2) is 11.6 Å². The van der Waals surface area contributed by atoms with E-state index < -0.39 is 0 Å². The van der Waals surface area contributed by atoms with Crippen LogP contribution in [0.3, 0.4) is 0 Å². The average molecular weight is 408 g/mol. The molecule has 0 unspecified atom stereocenters. The number of aromatic nitrogens is 4. The number of morpholine rings is 1. The number of anilines is 2. The molecule has 0 saturated carbocycles. The minimum absolute atomic E-state index is 0.0119. The topological polar surface area (TPSA) is 101 Å². The number of nitrogens with zero attached hydrogens (tertiary/aromatic N) is 6. The highest BCUT2D eigenvalue weighted by atomic mass is 16.5. The summed E-state index contributed by atoms with van der Waals surface area (Å²) < 4.78 is 11.5. The number of rotatable bonds is 5. The van der Waals surface area contributed by atoms with Gasteiger partial charge in [0.2, 0.25) is 11.8 Å². The van der Waals surface area contributed by atoms with E-state index in [-0.39, 0.29) is 12.6 Å². The van der Waals surface area contributed by atoms with Crippen LogP contribution in [0.25, 0.3) is 11.4 Å². The monoisotopic (exact) mass is 408 g/mol. The molecule has 0 bridgehead atoms. The van der Waals surface area contributed by atoms with Crippen LogP contribution in [0.5, 0.6) is 0 Å². The van der Waals surface area contributed by atoms with Crippen LogP contribution in [-0.4, -0.2) is 57.6 Å². The molecule has 156 valence electrons. The van der Waals surface area contributed by atoms with Crippen LogP contribution >= 0.6 is 0 Å². The Labute approximate surface area is 174 Å². The molecule has 1 saturated heterocycles. The van der Waals surface area contributed by atoms with Crippen molar-refractivity contribution in [2.24, 2.45) is 0 Å². The van der Waals surface area contributed by atoms with E-state index in [0.717, 1.165) is 35.7 Å². The maximum absolute atomic E-state index is 9.46. The standard InChI is InChI=1S/C21H24N6O3/c1-2-18-24-25-19(30-18)11-26-10-16-13-29-7-6-27(16)21-17(26)9-22-20(23-21)15-5-3-4-14(8-15)12-28/h3-5,8-9,16,28H,2,6-7,10-13H2,1H3/t16-/m1/s1. The Kier molecular flexibility index (Phi) is 5.06. The molecule has 1 atom stereocenters. The van der Waals surface area contributed by atoms with Gasteiger partial charge in [-0.3, -0.25) is 0 Å². The zero-order chi connectivity index (χ0) is 20.5. The Morgan fingerprint density at radius 3 is 2.97 bits per heavy atom. The van der Waals surface area contributed by atoms with E-state index in [1.165, 1.54) is 0 Å². The Balaban J connectivity index is 1.52. The first-order valence-electron chi connectivity index (χ1n) is 10.2. The minimum Gasteiger partial charge on any atom is -0.423 e. The molecule has 30 heavy (non-hydrogen) atoms. The van der Waals surface area contributed by atoms with Gasteiger partial charge in [0.25, 0.3) is 0 Å². The molecule has 1 aromatic carbocycles. The second-order valence-corrected chi connectivity index (χ2v) is 7.51. The van der Waals surface area contributed by atoms with Gasteiger partial charge in [-0.1, -0.05) is 25.1 Å². The molecule has 2 aliphatic rings. The highest BCUT2D eigenvalue weighted by Gasteiger charge is 2.35. The SMILES string of the molecule is CCc1nnc(CN2C[C@@H]3COCCN3c3nc(-c4cccc(CO)c4)ncc32)o1. The lowest BCUT2D eigenvalue weighted by atomic mass is 10.1. The fourth-order valence-corrected chi connectivity index (χ4v) is 3.99. The lowest BCUT2D eigenvalue weighted by molar-refractivity contribution is 0.0934. The Morgan fingerprint density at radius 2 is 2.13 bits per heavy atom. The Bertz CT molecular complexity index is 1040. The van der Waals surface area contributed by atoms with Crippen molar-refractivity contribution in [3.05, 3.63) is 47.8 Å². The molecular weight excluding hydrogens is 384 g/mol. The van der Waals surface area contributed by atoms with Gasteiger partial charge < -0.3 is 24.1 Å². The summed E-state index contributed by atoms with van der Waals surface area (Å²) in [7, 11) is 0. The predicted molar refractivity (Wildman–Crippen MR) is 110 cm³/mol. The van der Waals surface area contributed by atoms with Crippen LogP contribution in [0.4, 0.5) is 11.5 Å². The second-order valence-electron chi connectivity index (χ2n) is 7.51. The van der Waals surface area contributed by atoms with Gasteiger partial charge in [-0.05, 0) is 11.6 Å². The van der Waals surface area contributed by atoms with Crippen molar-refractivity contribution in [1.82, 2.24) is 20.2 Å². The summed E-state index contributed by atoms with van der Waals surface area (Å²) in [5, 5.41) is 17.7. The van der Waals surface area contributed by atoms with Crippen molar-refractivity contribution in [2.45, 2.75) is 32.5 Å². The number of hydrogen-bond acceptors (Lipinski definition) is 9.